The SMILES string of the molecule is CCCCCCCC/C=C\CCCCCCCC(=O)N(C(=O)CCN)C(=O)CCCCCCCCCCCCCCC. The Morgan fingerprint density at radius 2 is 0.714 bits per heavy atom. The summed E-state index contributed by atoms with van der Waals surface area (Å²) < 4.78 is 0. The van der Waals surface area contributed by atoms with Crippen LogP contribution in [-0.2, 0) is 14.4 Å². The van der Waals surface area contributed by atoms with Crippen LogP contribution >= 0.6 is 0 Å². The van der Waals surface area contributed by atoms with Crippen LogP contribution in [0.3, 0.4) is 0 Å². The second-order valence-electron chi connectivity index (χ2n) is 12.4. The van der Waals surface area contributed by atoms with E-state index in [0.29, 0.717) is 0 Å². The third-order valence-corrected chi connectivity index (χ3v) is 8.25. The molecular weight excluding hydrogens is 520 g/mol. The van der Waals surface area contributed by atoms with Gasteiger partial charge in [0.1, 0.15) is 0 Å². The zero-order valence-corrected chi connectivity index (χ0v) is 28.1. The van der Waals surface area contributed by atoms with Gasteiger partial charge in [-0.1, -0.05) is 154 Å². The predicted molar refractivity (Wildman–Crippen MR) is 180 cm³/mol. The molecule has 0 fully saturated rings. The number of nitrogens with two attached hydrogens (primary N) is 1. The molecule has 0 aromatic carbocycles. The number of hydrogen-bond acceptors (Lipinski definition) is 4. The molecule has 0 unspecified atom stereocenters. The Kier molecular flexibility index (Phi) is 31.3. The highest BCUT2D eigenvalue weighted by Crippen LogP contribution is 2.15. The van der Waals surface area contributed by atoms with Crippen LogP contribution in [0.4, 0.5) is 0 Å². The van der Waals surface area contributed by atoms with Gasteiger partial charge in [-0.15, -0.1) is 0 Å². The zero-order valence-electron chi connectivity index (χ0n) is 28.1. The lowest BCUT2D eigenvalue weighted by molar-refractivity contribution is -0.154. The molecule has 246 valence electrons. The minimum Gasteiger partial charge on any atom is -0.330 e. The van der Waals surface area contributed by atoms with E-state index in [1.165, 1.54) is 116 Å². The molecule has 5 heteroatoms. The zero-order chi connectivity index (χ0) is 30.9. The van der Waals surface area contributed by atoms with Gasteiger partial charge in [0.2, 0.25) is 17.7 Å². The van der Waals surface area contributed by atoms with E-state index in [1.807, 2.05) is 0 Å². The first-order valence-electron chi connectivity index (χ1n) is 18.3. The van der Waals surface area contributed by atoms with Crippen LogP contribution in [0, 0.1) is 0 Å². The molecule has 0 aromatic heterocycles. The molecule has 0 rings (SSSR count). The van der Waals surface area contributed by atoms with Crippen LogP contribution in [0.25, 0.3) is 0 Å². The van der Waals surface area contributed by atoms with Gasteiger partial charge in [0.25, 0.3) is 0 Å². The molecule has 0 aliphatic rings. The molecule has 0 saturated carbocycles. The Labute approximate surface area is 261 Å². The van der Waals surface area contributed by atoms with E-state index >= 15 is 0 Å². The smallest absolute Gasteiger partial charge is 0.237 e. The summed E-state index contributed by atoms with van der Waals surface area (Å²) in [5.74, 6) is -1.12. The van der Waals surface area contributed by atoms with Gasteiger partial charge in [-0.2, -0.15) is 0 Å². The van der Waals surface area contributed by atoms with E-state index in [1.54, 1.807) is 0 Å². The molecule has 0 spiro atoms. The van der Waals surface area contributed by atoms with Crippen molar-refractivity contribution in [2.24, 2.45) is 5.73 Å². The van der Waals surface area contributed by atoms with Gasteiger partial charge in [0, 0.05) is 25.8 Å². The fourth-order valence-electron chi connectivity index (χ4n) is 5.52. The van der Waals surface area contributed by atoms with Crippen molar-refractivity contribution in [2.45, 2.75) is 200 Å². The number of amides is 3. The molecule has 0 aliphatic heterocycles. The van der Waals surface area contributed by atoms with Crippen molar-refractivity contribution in [3.63, 3.8) is 0 Å². The molecule has 5 nitrogen and oxygen atoms in total. The minimum absolute atomic E-state index is 0.0441. The van der Waals surface area contributed by atoms with Crippen LogP contribution in [0.2, 0.25) is 0 Å². The lowest BCUT2D eigenvalue weighted by atomic mass is 10.0. The fourth-order valence-corrected chi connectivity index (χ4v) is 5.52. The number of imide groups is 3. The van der Waals surface area contributed by atoms with Crippen LogP contribution in [0.15, 0.2) is 12.2 Å². The number of nitrogens with zero attached hydrogens (tertiary/aromatic N) is 1. The van der Waals surface area contributed by atoms with E-state index in [0.717, 1.165) is 56.3 Å². The Morgan fingerprint density at radius 3 is 1.05 bits per heavy atom. The maximum Gasteiger partial charge on any atom is 0.237 e. The molecular formula is C37H70N2O3. The Morgan fingerprint density at radius 1 is 0.429 bits per heavy atom. The molecule has 42 heavy (non-hydrogen) atoms. The van der Waals surface area contributed by atoms with E-state index in [4.69, 9.17) is 5.73 Å². The standard InChI is InChI=1S/C37H70N2O3/c1-3-5-7-9-11-13-15-17-18-20-22-24-26-28-30-32-36(41)39(37(42)33-34-38)35(40)31-29-27-25-23-21-19-16-14-12-10-8-6-4-2/h17-18H,3-16,19-34,38H2,1-2H3/b18-17-. The van der Waals surface area contributed by atoms with Gasteiger partial charge in [-0.05, 0) is 38.5 Å². The highest BCUT2D eigenvalue weighted by molar-refractivity contribution is 6.10. The summed E-state index contributed by atoms with van der Waals surface area (Å²) in [4.78, 5) is 39.0. The number of carbonyl (C=O) groups excluding carboxylic acids is 3. The third kappa shape index (κ3) is 26.2. The van der Waals surface area contributed by atoms with Gasteiger partial charge < -0.3 is 5.73 Å². The van der Waals surface area contributed by atoms with Gasteiger partial charge >= 0.3 is 0 Å². The number of allylic oxidation sites excluding steroid dienone is 2. The molecule has 0 aromatic rings. The van der Waals surface area contributed by atoms with Crippen molar-refractivity contribution in [3.8, 4) is 0 Å². The summed E-state index contributed by atoms with van der Waals surface area (Å²) in [5, 5.41) is 0. The summed E-state index contributed by atoms with van der Waals surface area (Å²) >= 11 is 0. The first-order chi connectivity index (χ1) is 20.6. The molecule has 0 heterocycles. The van der Waals surface area contributed by atoms with Crippen molar-refractivity contribution >= 4 is 17.7 Å². The highest BCUT2D eigenvalue weighted by atomic mass is 16.2. The van der Waals surface area contributed by atoms with Gasteiger partial charge in [0.15, 0.2) is 0 Å². The number of rotatable bonds is 31. The van der Waals surface area contributed by atoms with Crippen molar-refractivity contribution in [2.75, 3.05) is 6.54 Å². The lowest BCUT2D eigenvalue weighted by Gasteiger charge is -2.19. The Hall–Kier alpha value is -1.49. The Balaban J connectivity index is 3.96. The Bertz CT molecular complexity index is 661. The summed E-state index contributed by atoms with van der Waals surface area (Å²) in [6, 6.07) is 0. The van der Waals surface area contributed by atoms with Gasteiger partial charge in [0.05, 0.1) is 0 Å². The van der Waals surface area contributed by atoms with E-state index in [9.17, 15) is 14.4 Å². The molecule has 2 N–H and O–H groups in total. The predicted octanol–water partition coefficient (Wildman–Crippen LogP) is 10.7. The largest absolute Gasteiger partial charge is 0.330 e. The average Bonchev–Trinajstić information content (AvgIpc) is 2.97. The summed E-state index contributed by atoms with van der Waals surface area (Å²) in [5.41, 5.74) is 5.55. The van der Waals surface area contributed by atoms with E-state index in [-0.39, 0.29) is 37.6 Å². The summed E-state index contributed by atoms with van der Waals surface area (Å²) in [6.07, 6.45) is 36.9. The van der Waals surface area contributed by atoms with Crippen molar-refractivity contribution in [1.82, 2.24) is 4.90 Å². The summed E-state index contributed by atoms with van der Waals surface area (Å²) in [6.45, 7) is 4.67. The first-order valence-corrected chi connectivity index (χ1v) is 18.3. The molecule has 0 aliphatic carbocycles. The van der Waals surface area contributed by atoms with Crippen molar-refractivity contribution in [1.29, 1.82) is 0 Å². The molecule has 0 atom stereocenters. The maximum absolute atomic E-state index is 12.8. The lowest BCUT2D eigenvalue weighted by Crippen LogP contribution is -2.42. The quantitative estimate of drug-likeness (QED) is 0.0643. The van der Waals surface area contributed by atoms with Crippen LogP contribution in [0.1, 0.15) is 200 Å². The first kappa shape index (κ1) is 40.5. The minimum atomic E-state index is -0.435. The van der Waals surface area contributed by atoms with Crippen LogP contribution < -0.4 is 5.73 Å². The fraction of sp³-hybridized carbons (Fsp3) is 0.865. The third-order valence-electron chi connectivity index (χ3n) is 8.25. The second-order valence-corrected chi connectivity index (χ2v) is 12.4. The average molecular weight is 591 g/mol. The topological polar surface area (TPSA) is 80.5 Å². The second kappa shape index (κ2) is 32.4. The van der Waals surface area contributed by atoms with Gasteiger partial charge in [-0.25, -0.2) is 4.90 Å². The van der Waals surface area contributed by atoms with Crippen LogP contribution in [-0.4, -0.2) is 29.2 Å². The van der Waals surface area contributed by atoms with Gasteiger partial charge in [-0.3, -0.25) is 14.4 Å². The van der Waals surface area contributed by atoms with Crippen molar-refractivity contribution in [3.05, 3.63) is 12.2 Å². The number of unbranched alkanes of at least 4 members (excludes halogenated alkanes) is 23. The molecule has 0 saturated heterocycles. The van der Waals surface area contributed by atoms with E-state index in [2.05, 4.69) is 26.0 Å². The molecule has 0 bridgehead atoms. The normalized spacial score (nSPS) is 11.4. The summed E-state index contributed by atoms with van der Waals surface area (Å²) in [7, 11) is 0. The van der Waals surface area contributed by atoms with Crippen LogP contribution in [0.5, 0.6) is 0 Å². The number of carbonyl (C=O) groups is 3. The monoisotopic (exact) mass is 591 g/mol. The highest BCUT2D eigenvalue weighted by Gasteiger charge is 2.26. The molecule has 3 amide bonds. The maximum atomic E-state index is 12.8. The van der Waals surface area contributed by atoms with Crippen molar-refractivity contribution < 1.29 is 14.4 Å². The number of hydrogen-bond donors (Lipinski definition) is 1. The van der Waals surface area contributed by atoms with E-state index < -0.39 is 5.91 Å². The molecule has 0 radical (unpaired) electrons.